The van der Waals surface area contributed by atoms with Gasteiger partial charge in [0.15, 0.2) is 0 Å². The lowest BCUT2D eigenvalue weighted by atomic mass is 10.1. The predicted octanol–water partition coefficient (Wildman–Crippen LogP) is 1.80. The van der Waals surface area contributed by atoms with E-state index >= 15 is 0 Å². The number of methoxy groups -OCH3 is 1. The largest absolute Gasteiger partial charge is 0.468 e. The zero-order chi connectivity index (χ0) is 13.7. The van der Waals surface area contributed by atoms with Crippen molar-refractivity contribution in [3.05, 3.63) is 35.1 Å². The molecule has 0 heterocycles. The SMILES string of the molecule is COC(=O)C(Br)CNC(=O)c1cccc(C)c1F. The fourth-order valence-corrected chi connectivity index (χ4v) is 1.66. The fraction of sp³-hybridized carbons (Fsp3) is 0.333. The molecular weight excluding hydrogens is 305 g/mol. The lowest BCUT2D eigenvalue weighted by molar-refractivity contribution is -0.139. The van der Waals surface area contributed by atoms with Crippen LogP contribution in [0.5, 0.6) is 0 Å². The molecule has 0 aliphatic heterocycles. The van der Waals surface area contributed by atoms with Crippen molar-refractivity contribution in [1.82, 2.24) is 5.32 Å². The number of amides is 1. The Morgan fingerprint density at radius 2 is 2.17 bits per heavy atom. The first kappa shape index (κ1) is 14.6. The third-order valence-corrected chi connectivity index (χ3v) is 3.03. The molecule has 4 nitrogen and oxygen atoms in total. The quantitative estimate of drug-likeness (QED) is 0.680. The van der Waals surface area contributed by atoms with E-state index < -0.39 is 22.5 Å². The molecule has 6 heteroatoms. The zero-order valence-electron chi connectivity index (χ0n) is 10.00. The normalized spacial score (nSPS) is 11.8. The van der Waals surface area contributed by atoms with Crippen LogP contribution in [0.2, 0.25) is 0 Å². The highest BCUT2D eigenvalue weighted by atomic mass is 79.9. The molecule has 0 aliphatic rings. The highest BCUT2D eigenvalue weighted by Gasteiger charge is 2.18. The second-order valence-electron chi connectivity index (χ2n) is 3.64. The number of carbonyl (C=O) groups excluding carboxylic acids is 2. The summed E-state index contributed by atoms with van der Waals surface area (Å²) in [6.45, 7) is 1.60. The van der Waals surface area contributed by atoms with Gasteiger partial charge >= 0.3 is 5.97 Å². The van der Waals surface area contributed by atoms with E-state index in [0.717, 1.165) is 0 Å². The van der Waals surface area contributed by atoms with E-state index in [2.05, 4.69) is 26.0 Å². The van der Waals surface area contributed by atoms with Crippen molar-refractivity contribution >= 4 is 27.8 Å². The van der Waals surface area contributed by atoms with Crippen molar-refractivity contribution < 1.29 is 18.7 Å². The molecule has 0 saturated heterocycles. The number of esters is 1. The van der Waals surface area contributed by atoms with E-state index in [1.165, 1.54) is 13.2 Å². The monoisotopic (exact) mass is 317 g/mol. The molecule has 1 unspecified atom stereocenters. The van der Waals surface area contributed by atoms with Crippen LogP contribution < -0.4 is 5.32 Å². The zero-order valence-corrected chi connectivity index (χ0v) is 11.6. The van der Waals surface area contributed by atoms with E-state index in [-0.39, 0.29) is 12.1 Å². The fourth-order valence-electron chi connectivity index (χ4n) is 1.31. The molecule has 1 N–H and O–H groups in total. The van der Waals surface area contributed by atoms with E-state index in [4.69, 9.17) is 0 Å². The molecule has 1 aromatic carbocycles. The molecule has 0 saturated carbocycles. The van der Waals surface area contributed by atoms with Crippen molar-refractivity contribution in [2.75, 3.05) is 13.7 Å². The number of ether oxygens (including phenoxy) is 1. The lowest BCUT2D eigenvalue weighted by Gasteiger charge is -2.10. The van der Waals surface area contributed by atoms with Gasteiger partial charge in [0.25, 0.3) is 5.91 Å². The van der Waals surface area contributed by atoms with Gasteiger partial charge in [0.05, 0.1) is 12.7 Å². The summed E-state index contributed by atoms with van der Waals surface area (Å²) >= 11 is 3.05. The van der Waals surface area contributed by atoms with Crippen LogP contribution in [-0.4, -0.2) is 30.4 Å². The van der Waals surface area contributed by atoms with Gasteiger partial charge in [0.2, 0.25) is 0 Å². The van der Waals surface area contributed by atoms with Crippen LogP contribution in [0.15, 0.2) is 18.2 Å². The van der Waals surface area contributed by atoms with E-state index in [0.29, 0.717) is 5.56 Å². The average molecular weight is 318 g/mol. The molecule has 0 spiro atoms. The molecule has 1 atom stereocenters. The number of rotatable bonds is 4. The Morgan fingerprint density at radius 3 is 2.78 bits per heavy atom. The summed E-state index contributed by atoms with van der Waals surface area (Å²) in [7, 11) is 1.25. The van der Waals surface area contributed by atoms with Crippen LogP contribution in [0, 0.1) is 12.7 Å². The number of carbonyl (C=O) groups is 2. The molecule has 18 heavy (non-hydrogen) atoms. The molecule has 0 radical (unpaired) electrons. The van der Waals surface area contributed by atoms with Crippen molar-refractivity contribution in [2.45, 2.75) is 11.8 Å². The van der Waals surface area contributed by atoms with Crippen molar-refractivity contribution in [2.24, 2.45) is 0 Å². The number of alkyl halides is 1. The standard InChI is InChI=1S/C12H13BrFNO3/c1-7-4-3-5-8(10(7)14)11(16)15-6-9(13)12(17)18-2/h3-5,9H,6H2,1-2H3,(H,15,16). The first-order valence-corrected chi connectivity index (χ1v) is 6.14. The summed E-state index contributed by atoms with van der Waals surface area (Å²) in [5.41, 5.74) is 0.352. The molecule has 0 aliphatic carbocycles. The Bertz CT molecular complexity index is 465. The average Bonchev–Trinajstić information content (AvgIpc) is 2.37. The summed E-state index contributed by atoms with van der Waals surface area (Å²) in [6, 6.07) is 4.56. The molecule has 98 valence electrons. The van der Waals surface area contributed by atoms with Crippen LogP contribution in [-0.2, 0) is 9.53 Å². The van der Waals surface area contributed by atoms with E-state index in [1.54, 1.807) is 19.1 Å². The third-order valence-electron chi connectivity index (χ3n) is 2.34. The molecule has 1 amide bonds. The second-order valence-corrected chi connectivity index (χ2v) is 4.74. The van der Waals surface area contributed by atoms with Crippen LogP contribution >= 0.6 is 15.9 Å². The number of hydrogen-bond acceptors (Lipinski definition) is 3. The summed E-state index contributed by atoms with van der Waals surface area (Å²) in [5.74, 6) is -1.62. The molecular formula is C12H13BrFNO3. The minimum absolute atomic E-state index is 0.0267. The number of aryl methyl sites for hydroxylation is 1. The highest BCUT2D eigenvalue weighted by Crippen LogP contribution is 2.11. The maximum atomic E-state index is 13.6. The van der Waals surface area contributed by atoms with Gasteiger partial charge in [-0.05, 0) is 18.6 Å². The third kappa shape index (κ3) is 3.53. The minimum atomic E-state index is -0.653. The number of halogens is 2. The number of nitrogens with one attached hydrogen (secondary N) is 1. The Morgan fingerprint density at radius 1 is 1.50 bits per heavy atom. The molecule has 1 rings (SSSR count). The first-order valence-electron chi connectivity index (χ1n) is 5.22. The maximum Gasteiger partial charge on any atom is 0.321 e. The first-order chi connectivity index (χ1) is 8.47. The summed E-state index contributed by atoms with van der Waals surface area (Å²) in [5, 5.41) is 2.46. The molecule has 0 aromatic heterocycles. The smallest absolute Gasteiger partial charge is 0.321 e. The Kier molecular flexibility index (Phi) is 5.27. The van der Waals surface area contributed by atoms with Crippen LogP contribution in [0.1, 0.15) is 15.9 Å². The van der Waals surface area contributed by atoms with Gasteiger partial charge in [-0.2, -0.15) is 0 Å². The molecule has 0 bridgehead atoms. The van der Waals surface area contributed by atoms with Crippen molar-refractivity contribution in [3.63, 3.8) is 0 Å². The van der Waals surface area contributed by atoms with Crippen molar-refractivity contribution in [3.8, 4) is 0 Å². The molecule has 1 aromatic rings. The Labute approximate surface area is 113 Å². The highest BCUT2D eigenvalue weighted by molar-refractivity contribution is 9.10. The Hall–Kier alpha value is -1.43. The molecule has 0 fully saturated rings. The van der Waals surface area contributed by atoms with Gasteiger partial charge in [0.1, 0.15) is 10.6 Å². The predicted molar refractivity (Wildman–Crippen MR) is 68.2 cm³/mol. The number of hydrogen-bond donors (Lipinski definition) is 1. The number of benzene rings is 1. The van der Waals surface area contributed by atoms with Crippen molar-refractivity contribution in [1.29, 1.82) is 0 Å². The summed E-state index contributed by atoms with van der Waals surface area (Å²) in [4.78, 5) is 22.1. The summed E-state index contributed by atoms with van der Waals surface area (Å²) in [6.07, 6.45) is 0. The maximum absolute atomic E-state index is 13.6. The van der Waals surface area contributed by atoms with Gasteiger partial charge in [-0.3, -0.25) is 9.59 Å². The Balaban J connectivity index is 2.66. The van der Waals surface area contributed by atoms with Crippen LogP contribution in [0.25, 0.3) is 0 Å². The van der Waals surface area contributed by atoms with Gasteiger partial charge in [-0.15, -0.1) is 0 Å². The van der Waals surface area contributed by atoms with E-state index in [1.807, 2.05) is 0 Å². The van der Waals surface area contributed by atoms with Gasteiger partial charge < -0.3 is 10.1 Å². The summed E-state index contributed by atoms with van der Waals surface area (Å²) < 4.78 is 18.1. The lowest BCUT2D eigenvalue weighted by Crippen LogP contribution is -2.34. The van der Waals surface area contributed by atoms with Gasteiger partial charge in [-0.25, -0.2) is 4.39 Å². The van der Waals surface area contributed by atoms with Gasteiger partial charge in [-0.1, -0.05) is 28.1 Å². The van der Waals surface area contributed by atoms with Crippen LogP contribution in [0.3, 0.4) is 0 Å². The minimum Gasteiger partial charge on any atom is -0.468 e. The van der Waals surface area contributed by atoms with Crippen LogP contribution in [0.4, 0.5) is 4.39 Å². The topological polar surface area (TPSA) is 55.4 Å². The van der Waals surface area contributed by atoms with Gasteiger partial charge in [0, 0.05) is 6.54 Å². The second kappa shape index (κ2) is 6.49. The van der Waals surface area contributed by atoms with E-state index in [9.17, 15) is 14.0 Å².